The predicted molar refractivity (Wildman–Crippen MR) is 60.1 cm³/mol. The van der Waals surface area contributed by atoms with Gasteiger partial charge >= 0.3 is 126 Å². The second kappa shape index (κ2) is 9.79. The third-order valence-corrected chi connectivity index (χ3v) is 2.23. The Bertz CT molecular complexity index is 411. The summed E-state index contributed by atoms with van der Waals surface area (Å²) in [4.78, 5) is 11.5. The van der Waals surface area contributed by atoms with Gasteiger partial charge in [0.2, 0.25) is 0 Å². The zero-order valence-corrected chi connectivity index (χ0v) is 12.7. The van der Waals surface area contributed by atoms with E-state index in [-0.39, 0.29) is 24.3 Å². The molecule has 1 aromatic rings. The standard InChI is InChI=1S/C9H9FNO2.BF3.K/c1-11-9(12)7-5-6(10)3-4-8(7)13-2;2-1(3)4;/h3-5H,1H2,2H3,(H,11,12);;/i2D;;. The SMILES string of the molecule is FB(F)F.[2H]COc1ccc(F)cc1C(=O)N[CH2][K]. The summed E-state index contributed by atoms with van der Waals surface area (Å²) in [6.07, 6.45) is 0. The van der Waals surface area contributed by atoms with Gasteiger partial charge in [-0.05, 0) is 0 Å². The van der Waals surface area contributed by atoms with Gasteiger partial charge in [-0.2, -0.15) is 0 Å². The summed E-state index contributed by atoms with van der Waals surface area (Å²) >= 11 is 0.506. The molecular weight excluding hydrogens is 280 g/mol. The topological polar surface area (TPSA) is 38.3 Å². The molecule has 0 aliphatic carbocycles. The van der Waals surface area contributed by atoms with Gasteiger partial charge in [0, 0.05) is 0 Å². The number of methoxy groups -OCH3 is 1. The van der Waals surface area contributed by atoms with E-state index in [1.54, 1.807) is 0 Å². The monoisotopic (exact) mass is 290 g/mol. The zero-order chi connectivity index (χ0) is 14.8. The van der Waals surface area contributed by atoms with Crippen molar-refractivity contribution in [3.05, 3.63) is 29.6 Å². The number of hydrogen-bond donors (Lipinski definition) is 1. The molecule has 0 saturated heterocycles. The molecule has 0 unspecified atom stereocenters. The van der Waals surface area contributed by atoms with E-state index < -0.39 is 13.4 Å². The van der Waals surface area contributed by atoms with Crippen molar-refractivity contribution in [2.24, 2.45) is 0 Å². The van der Waals surface area contributed by atoms with E-state index in [0.717, 1.165) is 6.07 Å². The molecule has 0 fully saturated rings. The van der Waals surface area contributed by atoms with Crippen molar-refractivity contribution >= 4 is 62.4 Å². The van der Waals surface area contributed by atoms with Gasteiger partial charge in [-0.25, -0.2) is 0 Å². The van der Waals surface area contributed by atoms with Crippen molar-refractivity contribution in [3.8, 4) is 5.75 Å². The molecule has 18 heavy (non-hydrogen) atoms. The van der Waals surface area contributed by atoms with Crippen LogP contribution in [0.1, 0.15) is 11.7 Å². The number of halogens is 4. The minimum atomic E-state index is -3.67. The van der Waals surface area contributed by atoms with E-state index in [1.807, 2.05) is 0 Å². The molecular formula is C9H9BF4KNO2. The molecule has 1 amide bonds. The van der Waals surface area contributed by atoms with Crippen LogP contribution in [0.4, 0.5) is 17.3 Å². The molecule has 0 heterocycles. The first-order valence-corrected chi connectivity index (χ1v) is 7.05. The Balaban J connectivity index is 0.000000711. The summed E-state index contributed by atoms with van der Waals surface area (Å²) in [6.45, 7) is 0. The van der Waals surface area contributed by atoms with Crippen LogP contribution in [0, 0.1) is 5.82 Å². The number of ether oxygens (including phenoxy) is 1. The maximum atomic E-state index is 12.9. The zero-order valence-electron chi connectivity index (χ0n) is 10.6. The van der Waals surface area contributed by atoms with Crippen LogP contribution in [-0.4, -0.2) is 70.1 Å². The maximum absolute atomic E-state index is 12.9. The van der Waals surface area contributed by atoms with Gasteiger partial charge < -0.3 is 0 Å². The van der Waals surface area contributed by atoms with Crippen LogP contribution in [0.15, 0.2) is 18.2 Å². The Kier molecular flexibility index (Phi) is 8.69. The fourth-order valence-electron chi connectivity index (χ4n) is 1.06. The van der Waals surface area contributed by atoms with Gasteiger partial charge in [0.05, 0.1) is 0 Å². The van der Waals surface area contributed by atoms with Gasteiger partial charge in [0.25, 0.3) is 0 Å². The Hall–Kier alpha value is -0.0887. The summed E-state index contributed by atoms with van der Waals surface area (Å²) in [5.41, 5.74) is 0.145. The molecule has 1 N–H and O–H groups in total. The molecule has 9 heteroatoms. The van der Waals surface area contributed by atoms with Crippen molar-refractivity contribution in [3.63, 3.8) is 0 Å². The van der Waals surface area contributed by atoms with Gasteiger partial charge in [-0.1, -0.05) is 0 Å². The number of hydrogen-bond acceptors (Lipinski definition) is 2. The summed E-state index contributed by atoms with van der Waals surface area (Å²) in [6, 6.07) is 3.67. The molecule has 0 aromatic heterocycles. The van der Waals surface area contributed by atoms with Crippen LogP contribution in [0.25, 0.3) is 0 Å². The molecule has 0 aliphatic heterocycles. The van der Waals surface area contributed by atoms with E-state index in [0.29, 0.717) is 49.6 Å². The normalized spacial score (nSPS) is 9.78. The second-order valence-electron chi connectivity index (χ2n) is 2.89. The van der Waals surface area contributed by atoms with Crippen molar-refractivity contribution in [1.82, 2.24) is 5.32 Å². The third kappa shape index (κ3) is 7.37. The van der Waals surface area contributed by atoms with E-state index in [2.05, 4.69) is 5.32 Å². The fraction of sp³-hybridized carbons (Fsp3) is 0.222. The van der Waals surface area contributed by atoms with Crippen LogP contribution >= 0.6 is 0 Å². The molecule has 0 atom stereocenters. The molecule has 1 aromatic carbocycles. The second-order valence-corrected chi connectivity index (χ2v) is 4.00. The van der Waals surface area contributed by atoms with Crippen molar-refractivity contribution in [2.45, 2.75) is 0 Å². The Morgan fingerprint density at radius 1 is 1.56 bits per heavy atom. The minimum absolute atomic E-state index is 0.145. The molecule has 3 nitrogen and oxygen atoms in total. The quantitative estimate of drug-likeness (QED) is 0.678. The first kappa shape index (κ1) is 16.0. The predicted octanol–water partition coefficient (Wildman–Crippen LogP) is 1.57. The number of amides is 1. The van der Waals surface area contributed by atoms with Crippen LogP contribution in [0.2, 0.25) is 0 Å². The Morgan fingerprint density at radius 3 is 2.67 bits per heavy atom. The summed E-state index contributed by atoms with van der Waals surface area (Å²) in [5, 5.41) is 2.62. The number of carbonyl (C=O) groups is 1. The molecule has 0 bridgehead atoms. The summed E-state index contributed by atoms with van der Waals surface area (Å²) in [7, 11) is -3.96. The van der Waals surface area contributed by atoms with Crippen molar-refractivity contribution in [1.29, 1.82) is 0 Å². The van der Waals surface area contributed by atoms with Gasteiger partial charge in [-0.3, -0.25) is 12.9 Å². The fourth-order valence-corrected chi connectivity index (χ4v) is 1.56. The van der Waals surface area contributed by atoms with Crippen LogP contribution in [-0.2, 0) is 0 Å². The molecule has 0 spiro atoms. The first-order valence-electron chi connectivity index (χ1n) is 5.55. The Morgan fingerprint density at radius 2 is 2.17 bits per heavy atom. The van der Waals surface area contributed by atoms with E-state index in [1.165, 1.54) is 12.1 Å². The van der Waals surface area contributed by atoms with E-state index in [4.69, 9.17) is 6.11 Å². The van der Waals surface area contributed by atoms with Gasteiger partial charge in [0.1, 0.15) is 0 Å². The molecule has 0 aliphatic rings. The molecule has 0 saturated carbocycles. The first-order chi connectivity index (χ1) is 8.92. The average molecular weight is 290 g/mol. The molecule has 0 radical (unpaired) electrons. The van der Waals surface area contributed by atoms with Crippen molar-refractivity contribution < 1.29 is 28.2 Å². The summed E-state index contributed by atoms with van der Waals surface area (Å²) < 4.78 is 54.4. The number of rotatable bonds is 3. The third-order valence-electron chi connectivity index (χ3n) is 1.68. The van der Waals surface area contributed by atoms with E-state index >= 15 is 0 Å². The molecule has 1 rings (SSSR count). The van der Waals surface area contributed by atoms with Crippen LogP contribution < -0.4 is 10.1 Å². The Labute approximate surface area is 137 Å². The number of nitrogens with one attached hydrogen (secondary N) is 1. The number of carbonyl (C=O) groups excluding carboxylic acids is 1. The molecule has 94 valence electrons. The summed E-state index contributed by atoms with van der Waals surface area (Å²) in [5.74, 6) is -0.606. The average Bonchev–Trinajstić information content (AvgIpc) is 2.31. The number of benzene rings is 1. The van der Waals surface area contributed by atoms with Crippen LogP contribution in [0.3, 0.4) is 0 Å². The van der Waals surface area contributed by atoms with Crippen molar-refractivity contribution in [2.75, 3.05) is 7.73 Å². The van der Waals surface area contributed by atoms with Gasteiger partial charge in [0.15, 0.2) is 0 Å². The van der Waals surface area contributed by atoms with Crippen LogP contribution in [0.5, 0.6) is 5.75 Å². The van der Waals surface area contributed by atoms with Gasteiger partial charge in [-0.15, -0.1) is 0 Å². The van der Waals surface area contributed by atoms with E-state index in [9.17, 15) is 22.1 Å².